The molecule has 0 amide bonds. The van der Waals surface area contributed by atoms with E-state index in [0.717, 1.165) is 32.0 Å². The second-order valence-electron chi connectivity index (χ2n) is 3.54. The summed E-state index contributed by atoms with van der Waals surface area (Å²) < 4.78 is 0. The van der Waals surface area contributed by atoms with Crippen LogP contribution in [0.4, 0.5) is 5.95 Å². The number of anilines is 1. The van der Waals surface area contributed by atoms with Crippen molar-refractivity contribution in [3.63, 3.8) is 0 Å². The summed E-state index contributed by atoms with van der Waals surface area (Å²) in [6, 6.07) is 0. The van der Waals surface area contributed by atoms with Crippen LogP contribution in [0.15, 0.2) is 12.4 Å². The summed E-state index contributed by atoms with van der Waals surface area (Å²) in [6.45, 7) is 2.69. The predicted octanol–water partition coefficient (Wildman–Crippen LogP) is 0.915. The third-order valence-corrected chi connectivity index (χ3v) is 2.70. The largest absolute Gasteiger partial charge is 0.340 e. The first-order chi connectivity index (χ1) is 6.79. The van der Waals surface area contributed by atoms with Gasteiger partial charge in [0, 0.05) is 13.1 Å². The Balaban J connectivity index is 2.06. The highest BCUT2D eigenvalue weighted by molar-refractivity contribution is 6.30. The zero-order valence-corrected chi connectivity index (χ0v) is 8.61. The van der Waals surface area contributed by atoms with E-state index < -0.39 is 0 Å². The monoisotopic (exact) mass is 212 g/mol. The molecular weight excluding hydrogens is 200 g/mol. The summed E-state index contributed by atoms with van der Waals surface area (Å²) in [4.78, 5) is 10.5. The molecule has 1 saturated heterocycles. The minimum absolute atomic E-state index is 0.573. The molecule has 0 radical (unpaired) electrons. The quantitative estimate of drug-likeness (QED) is 0.792. The van der Waals surface area contributed by atoms with Gasteiger partial charge in [0.15, 0.2) is 0 Å². The topological polar surface area (TPSA) is 55.0 Å². The maximum atomic E-state index is 5.71. The molecule has 5 heteroatoms. The van der Waals surface area contributed by atoms with Gasteiger partial charge in [0.25, 0.3) is 0 Å². The Morgan fingerprint density at radius 2 is 2.21 bits per heavy atom. The number of rotatable bonds is 2. The van der Waals surface area contributed by atoms with E-state index >= 15 is 0 Å². The van der Waals surface area contributed by atoms with Gasteiger partial charge in [0.05, 0.1) is 17.4 Å². The van der Waals surface area contributed by atoms with Gasteiger partial charge in [-0.3, -0.25) is 0 Å². The molecule has 0 bridgehead atoms. The average Bonchev–Trinajstić information content (AvgIpc) is 2.67. The van der Waals surface area contributed by atoms with E-state index in [4.69, 9.17) is 17.3 Å². The van der Waals surface area contributed by atoms with Crippen molar-refractivity contribution in [2.45, 2.75) is 6.42 Å². The number of nitrogens with zero attached hydrogens (tertiary/aromatic N) is 3. The number of hydrogen-bond donors (Lipinski definition) is 1. The van der Waals surface area contributed by atoms with E-state index in [1.54, 1.807) is 12.4 Å². The third kappa shape index (κ3) is 1.96. The minimum Gasteiger partial charge on any atom is -0.340 e. The highest BCUT2D eigenvalue weighted by Gasteiger charge is 2.22. The Morgan fingerprint density at radius 3 is 2.79 bits per heavy atom. The molecule has 76 valence electrons. The zero-order valence-electron chi connectivity index (χ0n) is 7.86. The molecule has 2 rings (SSSR count). The van der Waals surface area contributed by atoms with E-state index in [-0.39, 0.29) is 0 Å². The molecule has 1 aliphatic rings. The van der Waals surface area contributed by atoms with Crippen LogP contribution < -0.4 is 10.6 Å². The molecule has 14 heavy (non-hydrogen) atoms. The van der Waals surface area contributed by atoms with Crippen molar-refractivity contribution in [2.75, 3.05) is 24.5 Å². The fourth-order valence-electron chi connectivity index (χ4n) is 1.68. The lowest BCUT2D eigenvalue weighted by molar-refractivity contribution is 0.602. The lowest BCUT2D eigenvalue weighted by atomic mass is 10.1. The number of halogens is 1. The molecule has 0 aliphatic carbocycles. The SMILES string of the molecule is NC[C@@H]1CCN(c2ncc(Cl)cn2)C1. The van der Waals surface area contributed by atoms with Crippen molar-refractivity contribution in [3.8, 4) is 0 Å². The molecule has 0 spiro atoms. The van der Waals surface area contributed by atoms with Crippen LogP contribution in [0.25, 0.3) is 0 Å². The van der Waals surface area contributed by atoms with E-state index in [9.17, 15) is 0 Å². The summed E-state index contributed by atoms with van der Waals surface area (Å²) in [5.74, 6) is 1.33. The summed E-state index contributed by atoms with van der Waals surface area (Å²) in [6.07, 6.45) is 4.38. The lowest BCUT2D eigenvalue weighted by Crippen LogP contribution is -2.24. The molecule has 0 saturated carbocycles. The number of aromatic nitrogens is 2. The smallest absolute Gasteiger partial charge is 0.225 e. The van der Waals surface area contributed by atoms with Crippen molar-refractivity contribution in [1.82, 2.24) is 9.97 Å². The van der Waals surface area contributed by atoms with Crippen molar-refractivity contribution in [1.29, 1.82) is 0 Å². The Kier molecular flexibility index (Phi) is 2.84. The van der Waals surface area contributed by atoms with Crippen LogP contribution in [0, 0.1) is 5.92 Å². The Labute approximate surface area is 88.1 Å². The first-order valence-corrected chi connectivity index (χ1v) is 5.10. The Hall–Kier alpha value is -0.870. The molecule has 4 nitrogen and oxygen atoms in total. The normalized spacial score (nSPS) is 21.6. The molecule has 2 N–H and O–H groups in total. The first kappa shape index (κ1) is 9.68. The van der Waals surface area contributed by atoms with E-state index in [1.807, 2.05) is 0 Å². The standard InChI is InChI=1S/C9H13ClN4/c10-8-4-12-9(13-5-8)14-2-1-7(3-11)6-14/h4-5,7H,1-3,6,11H2/t7-/m0/s1. The third-order valence-electron chi connectivity index (χ3n) is 2.51. The molecule has 0 unspecified atom stereocenters. The molecular formula is C9H13ClN4. The highest BCUT2D eigenvalue weighted by atomic mass is 35.5. The van der Waals surface area contributed by atoms with Crippen LogP contribution >= 0.6 is 11.6 Å². The molecule has 0 aromatic carbocycles. The summed E-state index contributed by atoms with van der Waals surface area (Å²) in [7, 11) is 0. The predicted molar refractivity (Wildman–Crippen MR) is 56.4 cm³/mol. The summed E-state index contributed by atoms with van der Waals surface area (Å²) >= 11 is 5.71. The second kappa shape index (κ2) is 4.11. The fraction of sp³-hybridized carbons (Fsp3) is 0.556. The second-order valence-corrected chi connectivity index (χ2v) is 3.97. The molecule has 1 aliphatic heterocycles. The van der Waals surface area contributed by atoms with E-state index in [1.165, 1.54) is 0 Å². The molecule has 2 heterocycles. The van der Waals surface area contributed by atoms with Crippen molar-refractivity contribution in [3.05, 3.63) is 17.4 Å². The van der Waals surface area contributed by atoms with Crippen LogP contribution in [0.1, 0.15) is 6.42 Å². The van der Waals surface area contributed by atoms with Gasteiger partial charge in [-0.15, -0.1) is 0 Å². The van der Waals surface area contributed by atoms with E-state index in [2.05, 4.69) is 14.9 Å². The van der Waals surface area contributed by atoms with Crippen LogP contribution in [0.2, 0.25) is 5.02 Å². The Bertz CT molecular complexity index is 300. The summed E-state index contributed by atoms with van der Waals surface area (Å²) in [5.41, 5.74) is 5.61. The van der Waals surface area contributed by atoms with Gasteiger partial charge in [-0.1, -0.05) is 11.6 Å². The summed E-state index contributed by atoms with van der Waals surface area (Å²) in [5, 5.41) is 0.573. The maximum absolute atomic E-state index is 5.71. The van der Waals surface area contributed by atoms with Gasteiger partial charge in [-0.2, -0.15) is 0 Å². The molecule has 1 aromatic heterocycles. The minimum atomic E-state index is 0.573. The van der Waals surface area contributed by atoms with Crippen LogP contribution in [-0.2, 0) is 0 Å². The van der Waals surface area contributed by atoms with Gasteiger partial charge in [-0.05, 0) is 18.9 Å². The van der Waals surface area contributed by atoms with Crippen LogP contribution in [0.3, 0.4) is 0 Å². The Morgan fingerprint density at radius 1 is 1.50 bits per heavy atom. The van der Waals surface area contributed by atoms with Gasteiger partial charge in [-0.25, -0.2) is 9.97 Å². The van der Waals surface area contributed by atoms with Crippen LogP contribution in [-0.4, -0.2) is 29.6 Å². The average molecular weight is 213 g/mol. The van der Waals surface area contributed by atoms with Crippen LogP contribution in [0.5, 0.6) is 0 Å². The van der Waals surface area contributed by atoms with E-state index in [0.29, 0.717) is 10.9 Å². The highest BCUT2D eigenvalue weighted by Crippen LogP contribution is 2.19. The van der Waals surface area contributed by atoms with Gasteiger partial charge < -0.3 is 10.6 Å². The molecule has 1 atom stereocenters. The van der Waals surface area contributed by atoms with Gasteiger partial charge in [0.1, 0.15) is 0 Å². The maximum Gasteiger partial charge on any atom is 0.225 e. The number of nitrogens with two attached hydrogens (primary N) is 1. The lowest BCUT2D eigenvalue weighted by Gasteiger charge is -2.15. The van der Waals surface area contributed by atoms with Gasteiger partial charge >= 0.3 is 0 Å². The first-order valence-electron chi connectivity index (χ1n) is 4.72. The fourth-order valence-corrected chi connectivity index (χ4v) is 1.77. The molecule has 1 aromatic rings. The van der Waals surface area contributed by atoms with Crippen molar-refractivity contribution in [2.24, 2.45) is 11.7 Å². The number of hydrogen-bond acceptors (Lipinski definition) is 4. The van der Waals surface area contributed by atoms with Gasteiger partial charge in [0.2, 0.25) is 5.95 Å². The van der Waals surface area contributed by atoms with Crippen molar-refractivity contribution < 1.29 is 0 Å². The van der Waals surface area contributed by atoms with Crippen molar-refractivity contribution >= 4 is 17.5 Å². The zero-order chi connectivity index (χ0) is 9.97. The molecule has 1 fully saturated rings.